The SMILES string of the molecule is O=[N+]([O-])c1[nH]ccc1CS(=O)(=O)O. The summed E-state index contributed by atoms with van der Waals surface area (Å²) in [6.07, 6.45) is 1.23. The highest BCUT2D eigenvalue weighted by Gasteiger charge is 2.18. The summed E-state index contributed by atoms with van der Waals surface area (Å²) in [6.45, 7) is 0. The molecule has 0 aliphatic heterocycles. The molecule has 0 aromatic carbocycles. The highest BCUT2D eigenvalue weighted by atomic mass is 32.2. The molecule has 0 spiro atoms. The van der Waals surface area contributed by atoms with Crippen LogP contribution < -0.4 is 0 Å². The summed E-state index contributed by atoms with van der Waals surface area (Å²) in [6, 6.07) is 1.23. The Morgan fingerprint density at radius 3 is 2.69 bits per heavy atom. The molecule has 72 valence electrons. The topological polar surface area (TPSA) is 113 Å². The first-order chi connectivity index (χ1) is 5.90. The lowest BCUT2D eigenvalue weighted by molar-refractivity contribution is -0.389. The molecule has 0 bridgehead atoms. The van der Waals surface area contributed by atoms with Crippen molar-refractivity contribution in [3.8, 4) is 0 Å². The number of nitrogens with one attached hydrogen (secondary N) is 1. The lowest BCUT2D eigenvalue weighted by Crippen LogP contribution is -2.03. The predicted molar refractivity (Wildman–Crippen MR) is 42.7 cm³/mol. The number of nitro groups is 1. The van der Waals surface area contributed by atoms with Gasteiger partial charge in [0.1, 0.15) is 5.75 Å². The minimum atomic E-state index is -4.23. The van der Waals surface area contributed by atoms with Gasteiger partial charge in [-0.25, -0.2) is 4.98 Å². The number of aromatic amines is 1. The van der Waals surface area contributed by atoms with E-state index in [0.717, 1.165) is 0 Å². The number of H-pyrrole nitrogens is 1. The minimum absolute atomic E-state index is 0.0625. The van der Waals surface area contributed by atoms with Crippen molar-refractivity contribution >= 4 is 15.9 Å². The Labute approximate surface area is 73.3 Å². The van der Waals surface area contributed by atoms with Gasteiger partial charge in [0.25, 0.3) is 10.1 Å². The third kappa shape index (κ3) is 2.53. The van der Waals surface area contributed by atoms with E-state index in [0.29, 0.717) is 0 Å². The Kier molecular flexibility index (Phi) is 2.34. The number of hydrogen-bond donors (Lipinski definition) is 2. The quantitative estimate of drug-likeness (QED) is 0.419. The molecule has 0 atom stereocenters. The van der Waals surface area contributed by atoms with Gasteiger partial charge in [-0.3, -0.25) is 4.55 Å². The molecule has 0 unspecified atom stereocenters. The monoisotopic (exact) mass is 206 g/mol. The van der Waals surface area contributed by atoms with Crippen LogP contribution in [0.1, 0.15) is 5.56 Å². The molecular formula is C5H6N2O5S. The lowest BCUT2D eigenvalue weighted by atomic mass is 10.4. The second-order valence-corrected chi connectivity index (χ2v) is 3.79. The molecule has 0 amide bonds. The first kappa shape index (κ1) is 9.68. The molecule has 1 rings (SSSR count). The highest BCUT2D eigenvalue weighted by Crippen LogP contribution is 2.17. The molecular weight excluding hydrogens is 200 g/mol. The number of rotatable bonds is 3. The van der Waals surface area contributed by atoms with Gasteiger partial charge in [0.05, 0.1) is 11.8 Å². The molecule has 7 nitrogen and oxygen atoms in total. The zero-order valence-electron chi connectivity index (χ0n) is 6.30. The van der Waals surface area contributed by atoms with Crippen LogP contribution in [0.4, 0.5) is 5.82 Å². The fourth-order valence-electron chi connectivity index (χ4n) is 0.876. The molecule has 0 saturated carbocycles. The molecule has 0 fully saturated rings. The Morgan fingerprint density at radius 1 is 1.62 bits per heavy atom. The summed E-state index contributed by atoms with van der Waals surface area (Å²) < 4.78 is 29.2. The normalized spacial score (nSPS) is 11.5. The van der Waals surface area contributed by atoms with Gasteiger partial charge in [0.2, 0.25) is 0 Å². The van der Waals surface area contributed by atoms with Gasteiger partial charge in [0.15, 0.2) is 0 Å². The van der Waals surface area contributed by atoms with Gasteiger partial charge in [-0.1, -0.05) is 0 Å². The van der Waals surface area contributed by atoms with Crippen molar-refractivity contribution in [2.45, 2.75) is 5.75 Å². The van der Waals surface area contributed by atoms with Crippen LogP contribution >= 0.6 is 0 Å². The third-order valence-corrected chi connectivity index (χ3v) is 2.01. The maximum atomic E-state index is 10.4. The minimum Gasteiger partial charge on any atom is -0.358 e. The zero-order valence-corrected chi connectivity index (χ0v) is 7.11. The van der Waals surface area contributed by atoms with Crippen LogP contribution in [0.25, 0.3) is 0 Å². The smallest absolute Gasteiger partial charge is 0.325 e. The summed E-state index contributed by atoms with van der Waals surface area (Å²) >= 11 is 0. The van der Waals surface area contributed by atoms with E-state index in [1.807, 2.05) is 0 Å². The van der Waals surface area contributed by atoms with Crippen molar-refractivity contribution in [2.24, 2.45) is 0 Å². The van der Waals surface area contributed by atoms with E-state index in [4.69, 9.17) is 4.55 Å². The Hall–Kier alpha value is -1.41. The largest absolute Gasteiger partial charge is 0.358 e. The Morgan fingerprint density at radius 2 is 2.23 bits per heavy atom. The molecule has 0 saturated heterocycles. The zero-order chi connectivity index (χ0) is 10.1. The van der Waals surface area contributed by atoms with Crippen LogP contribution in [-0.2, 0) is 15.9 Å². The number of nitrogens with zero attached hydrogens (tertiary/aromatic N) is 1. The van der Waals surface area contributed by atoms with Crippen molar-refractivity contribution in [3.63, 3.8) is 0 Å². The van der Waals surface area contributed by atoms with E-state index >= 15 is 0 Å². The van der Waals surface area contributed by atoms with E-state index in [9.17, 15) is 18.5 Å². The van der Waals surface area contributed by atoms with Crippen LogP contribution in [0.3, 0.4) is 0 Å². The van der Waals surface area contributed by atoms with E-state index in [2.05, 4.69) is 4.98 Å². The summed E-state index contributed by atoms with van der Waals surface area (Å²) in [5.74, 6) is -1.18. The molecule has 13 heavy (non-hydrogen) atoms. The van der Waals surface area contributed by atoms with Crippen LogP contribution in [-0.4, -0.2) is 22.9 Å². The van der Waals surface area contributed by atoms with Crippen LogP contribution in [0.2, 0.25) is 0 Å². The molecule has 0 aliphatic rings. The number of aromatic nitrogens is 1. The maximum absolute atomic E-state index is 10.4. The van der Waals surface area contributed by atoms with Gasteiger partial charge in [0, 0.05) is 0 Å². The van der Waals surface area contributed by atoms with Crippen LogP contribution in [0.15, 0.2) is 12.3 Å². The first-order valence-electron chi connectivity index (χ1n) is 3.16. The summed E-state index contributed by atoms with van der Waals surface area (Å²) in [5, 5.41) is 10.3. The summed E-state index contributed by atoms with van der Waals surface area (Å²) in [5.41, 5.74) is -0.0625. The van der Waals surface area contributed by atoms with Gasteiger partial charge in [-0.15, -0.1) is 0 Å². The average molecular weight is 206 g/mol. The van der Waals surface area contributed by atoms with Crippen LogP contribution in [0.5, 0.6) is 0 Å². The molecule has 8 heteroatoms. The van der Waals surface area contributed by atoms with Gasteiger partial charge >= 0.3 is 5.82 Å². The Bertz CT molecular complexity index is 420. The highest BCUT2D eigenvalue weighted by molar-refractivity contribution is 7.85. The lowest BCUT2D eigenvalue weighted by Gasteiger charge is -1.95. The molecule has 0 aliphatic carbocycles. The second-order valence-electron chi connectivity index (χ2n) is 2.33. The van der Waals surface area contributed by atoms with E-state index in [-0.39, 0.29) is 5.56 Å². The standard InChI is InChI=1S/C5H6N2O5S/c8-7(9)5-4(1-2-6-5)3-13(10,11)12/h1-2,6H,3H2,(H,10,11,12). The third-order valence-electron chi connectivity index (χ3n) is 1.33. The maximum Gasteiger partial charge on any atom is 0.325 e. The van der Waals surface area contributed by atoms with Crippen molar-refractivity contribution in [1.82, 2.24) is 4.98 Å². The predicted octanol–water partition coefficient (Wildman–Crippen LogP) is 0.311. The first-order valence-corrected chi connectivity index (χ1v) is 4.77. The molecule has 1 heterocycles. The van der Waals surface area contributed by atoms with Crippen molar-refractivity contribution in [2.75, 3.05) is 0 Å². The summed E-state index contributed by atoms with van der Waals surface area (Å²) in [7, 11) is -4.23. The second kappa shape index (κ2) is 3.15. The molecule has 1 aromatic heterocycles. The fraction of sp³-hybridized carbons (Fsp3) is 0.200. The van der Waals surface area contributed by atoms with Gasteiger partial charge in [-0.05, 0) is 11.0 Å². The van der Waals surface area contributed by atoms with E-state index in [1.165, 1.54) is 12.3 Å². The van der Waals surface area contributed by atoms with Crippen molar-refractivity contribution in [3.05, 3.63) is 27.9 Å². The Balaban J connectivity index is 3.02. The van der Waals surface area contributed by atoms with Crippen LogP contribution in [0, 0.1) is 10.1 Å². The van der Waals surface area contributed by atoms with Crippen molar-refractivity contribution < 1.29 is 17.9 Å². The summed E-state index contributed by atoms with van der Waals surface area (Å²) in [4.78, 5) is 11.8. The molecule has 0 radical (unpaired) electrons. The average Bonchev–Trinajstić information content (AvgIpc) is 2.31. The number of hydrogen-bond acceptors (Lipinski definition) is 4. The molecule has 1 aromatic rings. The van der Waals surface area contributed by atoms with Gasteiger partial charge in [-0.2, -0.15) is 8.42 Å². The van der Waals surface area contributed by atoms with E-state index < -0.39 is 26.6 Å². The molecule has 2 N–H and O–H groups in total. The fourth-order valence-corrected chi connectivity index (χ4v) is 1.50. The van der Waals surface area contributed by atoms with Gasteiger partial charge < -0.3 is 10.1 Å². The van der Waals surface area contributed by atoms with E-state index in [1.54, 1.807) is 0 Å². The van der Waals surface area contributed by atoms with Crippen molar-refractivity contribution in [1.29, 1.82) is 0 Å².